The van der Waals surface area contributed by atoms with Gasteiger partial charge in [-0.15, -0.1) is 0 Å². The van der Waals surface area contributed by atoms with E-state index in [1.807, 2.05) is 36.4 Å². The van der Waals surface area contributed by atoms with E-state index in [0.717, 1.165) is 36.2 Å². The molecule has 0 aliphatic carbocycles. The Labute approximate surface area is 112 Å². The van der Waals surface area contributed by atoms with Crippen LogP contribution in [0, 0.1) is 0 Å². The molecule has 96 valence electrons. The van der Waals surface area contributed by atoms with Crippen LogP contribution in [0.4, 0.5) is 5.69 Å². The van der Waals surface area contributed by atoms with Gasteiger partial charge in [0.2, 0.25) is 0 Å². The number of para-hydroxylation sites is 3. The first-order chi connectivity index (χ1) is 9.42. The van der Waals surface area contributed by atoms with Crippen molar-refractivity contribution in [1.29, 1.82) is 0 Å². The van der Waals surface area contributed by atoms with Gasteiger partial charge in [-0.2, -0.15) is 0 Å². The van der Waals surface area contributed by atoms with Gasteiger partial charge in [-0.1, -0.05) is 30.3 Å². The molecule has 2 aromatic carbocycles. The molecule has 1 aromatic heterocycles. The number of aromatic nitrogens is 2. The van der Waals surface area contributed by atoms with Gasteiger partial charge in [0, 0.05) is 18.7 Å². The third-order valence-electron chi connectivity index (χ3n) is 3.13. The molecule has 0 aliphatic heterocycles. The minimum absolute atomic E-state index is 0.959. The van der Waals surface area contributed by atoms with E-state index in [-0.39, 0.29) is 0 Å². The highest BCUT2D eigenvalue weighted by Crippen LogP contribution is 2.11. The fraction of sp³-hybridized carbons (Fsp3) is 0.188. The SMILES string of the molecule is c1ccc(NCCCc2nc3ccccc3[nH]2)cc1. The number of nitrogens with one attached hydrogen (secondary N) is 2. The Morgan fingerprint density at radius 2 is 1.74 bits per heavy atom. The van der Waals surface area contributed by atoms with E-state index in [2.05, 4.69) is 33.5 Å². The van der Waals surface area contributed by atoms with Crippen LogP contribution in [0.5, 0.6) is 0 Å². The Bertz CT molecular complexity index is 610. The highest BCUT2D eigenvalue weighted by molar-refractivity contribution is 5.74. The van der Waals surface area contributed by atoms with Gasteiger partial charge >= 0.3 is 0 Å². The molecule has 0 aliphatic rings. The molecule has 0 atom stereocenters. The number of aryl methyl sites for hydroxylation is 1. The lowest BCUT2D eigenvalue weighted by Gasteiger charge is -2.04. The average molecular weight is 251 g/mol. The van der Waals surface area contributed by atoms with Crippen LogP contribution in [0.15, 0.2) is 54.6 Å². The van der Waals surface area contributed by atoms with Crippen molar-refractivity contribution in [3.05, 3.63) is 60.4 Å². The van der Waals surface area contributed by atoms with Crippen LogP contribution in [0.25, 0.3) is 11.0 Å². The molecule has 0 saturated heterocycles. The van der Waals surface area contributed by atoms with Crippen molar-refractivity contribution in [2.24, 2.45) is 0 Å². The smallest absolute Gasteiger partial charge is 0.107 e. The first kappa shape index (κ1) is 11.8. The summed E-state index contributed by atoms with van der Waals surface area (Å²) < 4.78 is 0. The molecule has 0 saturated carbocycles. The summed E-state index contributed by atoms with van der Waals surface area (Å²) in [7, 11) is 0. The lowest BCUT2D eigenvalue weighted by molar-refractivity contribution is 0.820. The summed E-state index contributed by atoms with van der Waals surface area (Å²) in [6.07, 6.45) is 2.03. The minimum Gasteiger partial charge on any atom is -0.385 e. The fourth-order valence-corrected chi connectivity index (χ4v) is 2.17. The molecule has 0 spiro atoms. The van der Waals surface area contributed by atoms with Crippen molar-refractivity contribution in [3.8, 4) is 0 Å². The Balaban J connectivity index is 1.52. The Kier molecular flexibility index (Phi) is 3.45. The molecule has 0 radical (unpaired) electrons. The maximum Gasteiger partial charge on any atom is 0.107 e. The minimum atomic E-state index is 0.959. The van der Waals surface area contributed by atoms with Crippen molar-refractivity contribution >= 4 is 16.7 Å². The van der Waals surface area contributed by atoms with E-state index < -0.39 is 0 Å². The molecule has 1 heterocycles. The highest BCUT2D eigenvalue weighted by atomic mass is 14.9. The largest absolute Gasteiger partial charge is 0.385 e. The lowest BCUT2D eigenvalue weighted by atomic mass is 10.2. The van der Waals surface area contributed by atoms with Crippen LogP contribution in [-0.4, -0.2) is 16.5 Å². The van der Waals surface area contributed by atoms with Gasteiger partial charge in [0.05, 0.1) is 11.0 Å². The number of hydrogen-bond acceptors (Lipinski definition) is 2. The second-order valence-corrected chi connectivity index (χ2v) is 4.60. The number of fused-ring (bicyclic) bond motifs is 1. The van der Waals surface area contributed by atoms with Crippen molar-refractivity contribution in [1.82, 2.24) is 9.97 Å². The van der Waals surface area contributed by atoms with Crippen LogP contribution in [0.3, 0.4) is 0 Å². The number of benzene rings is 2. The summed E-state index contributed by atoms with van der Waals surface area (Å²) in [6.45, 7) is 0.959. The summed E-state index contributed by atoms with van der Waals surface area (Å²) in [5, 5.41) is 3.41. The van der Waals surface area contributed by atoms with E-state index in [9.17, 15) is 0 Å². The number of imidazole rings is 1. The lowest BCUT2D eigenvalue weighted by Crippen LogP contribution is -2.03. The zero-order valence-electron chi connectivity index (χ0n) is 10.8. The molecular weight excluding hydrogens is 234 g/mol. The van der Waals surface area contributed by atoms with Gasteiger partial charge in [0.1, 0.15) is 5.82 Å². The maximum absolute atomic E-state index is 4.57. The number of aromatic amines is 1. The van der Waals surface area contributed by atoms with E-state index in [0.29, 0.717) is 0 Å². The van der Waals surface area contributed by atoms with Crippen molar-refractivity contribution in [2.45, 2.75) is 12.8 Å². The Morgan fingerprint density at radius 1 is 0.947 bits per heavy atom. The number of anilines is 1. The van der Waals surface area contributed by atoms with Gasteiger partial charge < -0.3 is 10.3 Å². The Hall–Kier alpha value is -2.29. The summed E-state index contributed by atoms with van der Waals surface area (Å²) in [4.78, 5) is 7.93. The van der Waals surface area contributed by atoms with Crippen LogP contribution in [-0.2, 0) is 6.42 Å². The summed E-state index contributed by atoms with van der Waals surface area (Å²) in [5.41, 5.74) is 3.34. The molecule has 3 nitrogen and oxygen atoms in total. The van der Waals surface area contributed by atoms with Crippen molar-refractivity contribution in [3.63, 3.8) is 0 Å². The van der Waals surface area contributed by atoms with Gasteiger partial charge in [-0.05, 0) is 30.7 Å². The number of H-pyrrole nitrogens is 1. The number of nitrogens with zero attached hydrogens (tertiary/aromatic N) is 1. The molecule has 0 bridgehead atoms. The van der Waals surface area contributed by atoms with Crippen molar-refractivity contribution in [2.75, 3.05) is 11.9 Å². The van der Waals surface area contributed by atoms with Crippen LogP contribution in [0.2, 0.25) is 0 Å². The monoisotopic (exact) mass is 251 g/mol. The molecule has 0 amide bonds. The third-order valence-corrected chi connectivity index (χ3v) is 3.13. The van der Waals surface area contributed by atoms with Gasteiger partial charge in [-0.3, -0.25) is 0 Å². The standard InChI is InChI=1S/C16H17N3/c1-2-7-13(8-3-1)17-12-6-11-16-18-14-9-4-5-10-15(14)19-16/h1-5,7-10,17H,6,11-12H2,(H,18,19). The number of rotatable bonds is 5. The van der Waals surface area contributed by atoms with Crippen LogP contribution in [0.1, 0.15) is 12.2 Å². The molecule has 3 rings (SSSR count). The fourth-order valence-electron chi connectivity index (χ4n) is 2.17. The van der Waals surface area contributed by atoms with Crippen LogP contribution < -0.4 is 5.32 Å². The Morgan fingerprint density at radius 3 is 2.58 bits per heavy atom. The molecular formula is C16H17N3. The maximum atomic E-state index is 4.57. The molecule has 2 N–H and O–H groups in total. The summed E-state index contributed by atoms with van der Waals surface area (Å²) >= 11 is 0. The van der Waals surface area contributed by atoms with Crippen LogP contribution >= 0.6 is 0 Å². The average Bonchev–Trinajstić information content (AvgIpc) is 2.87. The van der Waals surface area contributed by atoms with E-state index in [1.165, 1.54) is 5.69 Å². The predicted molar refractivity (Wildman–Crippen MR) is 79.3 cm³/mol. The first-order valence-electron chi connectivity index (χ1n) is 6.64. The predicted octanol–water partition coefficient (Wildman–Crippen LogP) is 3.61. The normalized spacial score (nSPS) is 10.7. The van der Waals surface area contributed by atoms with Crippen molar-refractivity contribution < 1.29 is 0 Å². The van der Waals surface area contributed by atoms with Gasteiger partial charge in [0.25, 0.3) is 0 Å². The second kappa shape index (κ2) is 5.57. The van der Waals surface area contributed by atoms with E-state index in [1.54, 1.807) is 0 Å². The summed E-state index contributed by atoms with van der Waals surface area (Å²) in [6, 6.07) is 18.4. The van der Waals surface area contributed by atoms with Gasteiger partial charge in [0.15, 0.2) is 0 Å². The molecule has 0 fully saturated rings. The number of hydrogen-bond donors (Lipinski definition) is 2. The quantitative estimate of drug-likeness (QED) is 0.680. The molecule has 19 heavy (non-hydrogen) atoms. The highest BCUT2D eigenvalue weighted by Gasteiger charge is 2.01. The molecule has 3 heteroatoms. The molecule has 3 aromatic rings. The van der Waals surface area contributed by atoms with Gasteiger partial charge in [-0.25, -0.2) is 4.98 Å². The van der Waals surface area contributed by atoms with E-state index >= 15 is 0 Å². The van der Waals surface area contributed by atoms with E-state index in [4.69, 9.17) is 0 Å². The first-order valence-corrected chi connectivity index (χ1v) is 6.64. The zero-order valence-corrected chi connectivity index (χ0v) is 10.8. The third kappa shape index (κ3) is 2.94. The summed E-state index contributed by atoms with van der Waals surface area (Å²) in [5.74, 6) is 1.07. The topological polar surface area (TPSA) is 40.7 Å². The zero-order chi connectivity index (χ0) is 12.9. The second-order valence-electron chi connectivity index (χ2n) is 4.60. The molecule has 0 unspecified atom stereocenters.